The molecule has 1 aliphatic rings. The molecule has 21 heavy (non-hydrogen) atoms. The molecule has 5 nitrogen and oxygen atoms in total. The highest BCUT2D eigenvalue weighted by molar-refractivity contribution is 5.82. The number of methoxy groups -OCH3 is 1. The van der Waals surface area contributed by atoms with Crippen LogP contribution in [0.4, 0.5) is 0 Å². The van der Waals surface area contributed by atoms with Crippen LogP contribution in [0.5, 0.6) is 5.75 Å². The van der Waals surface area contributed by atoms with Gasteiger partial charge in [0.05, 0.1) is 13.7 Å². The quantitative estimate of drug-likeness (QED) is 0.831. The molecule has 5 heteroatoms. The summed E-state index contributed by atoms with van der Waals surface area (Å²) in [5, 5.41) is 3.31. The van der Waals surface area contributed by atoms with E-state index in [-0.39, 0.29) is 5.97 Å². The number of rotatable bonds is 5. The smallest absolute Gasteiger partial charge is 0.330 e. The van der Waals surface area contributed by atoms with Crippen molar-refractivity contribution >= 4 is 5.97 Å². The lowest BCUT2D eigenvalue weighted by Gasteiger charge is -2.41. The molecule has 0 aromatic heterocycles. The van der Waals surface area contributed by atoms with Crippen LogP contribution >= 0.6 is 0 Å². The molecular formula is C16H24N2O3. The molecular weight excluding hydrogens is 268 g/mol. The Morgan fingerprint density at radius 3 is 2.43 bits per heavy atom. The molecule has 2 rings (SSSR count). The first-order valence-electron chi connectivity index (χ1n) is 7.40. The van der Waals surface area contributed by atoms with Crippen molar-refractivity contribution in [2.45, 2.75) is 19.4 Å². The Balaban J connectivity index is 2.32. The molecule has 116 valence electrons. The Kier molecular flexibility index (Phi) is 5.20. The highest BCUT2D eigenvalue weighted by atomic mass is 16.5. The number of ether oxygens (including phenoxy) is 2. The molecule has 0 bridgehead atoms. The van der Waals surface area contributed by atoms with Crippen LogP contribution in [-0.4, -0.2) is 50.8 Å². The van der Waals surface area contributed by atoms with Crippen molar-refractivity contribution in [1.82, 2.24) is 10.2 Å². The van der Waals surface area contributed by atoms with Crippen LogP contribution in [0.2, 0.25) is 0 Å². The number of nitrogens with zero attached hydrogens (tertiary/aromatic N) is 1. The maximum atomic E-state index is 12.4. The van der Waals surface area contributed by atoms with Gasteiger partial charge in [0.2, 0.25) is 0 Å². The summed E-state index contributed by atoms with van der Waals surface area (Å²) in [6.07, 6.45) is 0. The van der Waals surface area contributed by atoms with Crippen molar-refractivity contribution in [3.63, 3.8) is 0 Å². The number of hydrogen-bond acceptors (Lipinski definition) is 5. The standard InChI is InChI=1S/C16H24N2O3/c1-4-21-14-7-5-13(6-8-14)16(2,15(19)20-3)18-11-9-17-10-12-18/h5-8,17H,4,9-12H2,1-3H3. The first kappa shape index (κ1) is 15.8. The van der Waals surface area contributed by atoms with Crippen LogP contribution < -0.4 is 10.1 Å². The summed E-state index contributed by atoms with van der Waals surface area (Å²) < 4.78 is 10.5. The minimum atomic E-state index is -0.762. The molecule has 1 aromatic rings. The Hall–Kier alpha value is -1.59. The SMILES string of the molecule is CCOc1ccc(C(C)(C(=O)OC)N2CCNCC2)cc1. The molecule has 1 atom stereocenters. The van der Waals surface area contributed by atoms with Gasteiger partial charge in [0, 0.05) is 26.2 Å². The maximum absolute atomic E-state index is 12.4. The van der Waals surface area contributed by atoms with E-state index >= 15 is 0 Å². The molecule has 1 saturated heterocycles. The second-order valence-corrected chi connectivity index (χ2v) is 5.26. The van der Waals surface area contributed by atoms with E-state index in [0.717, 1.165) is 37.5 Å². The topological polar surface area (TPSA) is 50.8 Å². The molecule has 1 N–H and O–H groups in total. The first-order valence-corrected chi connectivity index (χ1v) is 7.40. The van der Waals surface area contributed by atoms with Crippen LogP contribution in [0.1, 0.15) is 19.4 Å². The molecule has 0 radical (unpaired) electrons. The van der Waals surface area contributed by atoms with Gasteiger partial charge in [-0.2, -0.15) is 0 Å². The van der Waals surface area contributed by atoms with E-state index in [1.165, 1.54) is 7.11 Å². The van der Waals surface area contributed by atoms with Crippen LogP contribution in [0.25, 0.3) is 0 Å². The Bertz CT molecular complexity index is 469. The van der Waals surface area contributed by atoms with Gasteiger partial charge in [-0.3, -0.25) is 4.90 Å². The summed E-state index contributed by atoms with van der Waals surface area (Å²) in [4.78, 5) is 14.6. The lowest BCUT2D eigenvalue weighted by Crippen LogP contribution is -2.57. The van der Waals surface area contributed by atoms with Gasteiger partial charge in [-0.1, -0.05) is 12.1 Å². The molecule has 1 unspecified atom stereocenters. The number of carbonyl (C=O) groups is 1. The van der Waals surface area contributed by atoms with Crippen molar-refractivity contribution in [3.05, 3.63) is 29.8 Å². The van der Waals surface area contributed by atoms with Crippen molar-refractivity contribution in [1.29, 1.82) is 0 Å². The van der Waals surface area contributed by atoms with Crippen LogP contribution in [0.15, 0.2) is 24.3 Å². The summed E-state index contributed by atoms with van der Waals surface area (Å²) in [6.45, 7) is 7.91. The van der Waals surface area contributed by atoms with Crippen LogP contribution in [0, 0.1) is 0 Å². The highest BCUT2D eigenvalue weighted by Crippen LogP contribution is 2.31. The molecule has 0 saturated carbocycles. The lowest BCUT2D eigenvalue weighted by molar-refractivity contribution is -0.155. The van der Waals surface area contributed by atoms with E-state index in [1.54, 1.807) is 0 Å². The Labute approximate surface area is 126 Å². The number of hydrogen-bond donors (Lipinski definition) is 1. The van der Waals surface area contributed by atoms with Crippen molar-refractivity contribution < 1.29 is 14.3 Å². The molecule has 0 spiro atoms. The number of esters is 1. The zero-order valence-corrected chi connectivity index (χ0v) is 13.0. The molecule has 0 aliphatic carbocycles. The summed E-state index contributed by atoms with van der Waals surface area (Å²) in [7, 11) is 1.44. The van der Waals surface area contributed by atoms with E-state index in [9.17, 15) is 4.79 Å². The zero-order chi connectivity index (χ0) is 15.3. The van der Waals surface area contributed by atoms with Gasteiger partial charge >= 0.3 is 5.97 Å². The monoisotopic (exact) mass is 292 g/mol. The van der Waals surface area contributed by atoms with Gasteiger partial charge in [0.25, 0.3) is 0 Å². The minimum absolute atomic E-state index is 0.228. The van der Waals surface area contributed by atoms with Crippen LogP contribution in [0.3, 0.4) is 0 Å². The second kappa shape index (κ2) is 6.91. The van der Waals surface area contributed by atoms with Crippen LogP contribution in [-0.2, 0) is 15.1 Å². The largest absolute Gasteiger partial charge is 0.494 e. The molecule has 1 aromatic carbocycles. The van der Waals surface area contributed by atoms with E-state index < -0.39 is 5.54 Å². The maximum Gasteiger partial charge on any atom is 0.330 e. The second-order valence-electron chi connectivity index (χ2n) is 5.26. The average Bonchev–Trinajstić information content (AvgIpc) is 2.55. The fraction of sp³-hybridized carbons (Fsp3) is 0.562. The highest BCUT2D eigenvalue weighted by Gasteiger charge is 2.42. The lowest BCUT2D eigenvalue weighted by atomic mass is 9.89. The Morgan fingerprint density at radius 1 is 1.29 bits per heavy atom. The average molecular weight is 292 g/mol. The molecule has 1 heterocycles. The summed E-state index contributed by atoms with van der Waals surface area (Å²) in [5.41, 5.74) is 0.168. The first-order chi connectivity index (χ1) is 10.1. The van der Waals surface area contributed by atoms with Crippen molar-refractivity contribution in [2.24, 2.45) is 0 Å². The number of benzene rings is 1. The summed E-state index contributed by atoms with van der Waals surface area (Å²) in [6, 6.07) is 7.71. The summed E-state index contributed by atoms with van der Waals surface area (Å²) in [5.74, 6) is 0.585. The van der Waals surface area contributed by atoms with E-state index in [1.807, 2.05) is 38.1 Å². The van der Waals surface area contributed by atoms with Gasteiger partial charge < -0.3 is 14.8 Å². The van der Waals surface area contributed by atoms with Gasteiger partial charge in [0.1, 0.15) is 11.3 Å². The molecule has 1 fully saturated rings. The number of carbonyl (C=O) groups excluding carboxylic acids is 1. The third kappa shape index (κ3) is 3.19. The van der Waals surface area contributed by atoms with Gasteiger partial charge in [0.15, 0.2) is 0 Å². The predicted octanol–water partition coefficient (Wildman–Crippen LogP) is 1.38. The predicted molar refractivity (Wildman–Crippen MR) is 81.4 cm³/mol. The third-order valence-corrected chi connectivity index (χ3v) is 4.06. The fourth-order valence-electron chi connectivity index (χ4n) is 2.78. The number of nitrogens with one attached hydrogen (secondary N) is 1. The van der Waals surface area contributed by atoms with E-state index in [0.29, 0.717) is 6.61 Å². The molecule has 0 amide bonds. The Morgan fingerprint density at radius 2 is 1.90 bits per heavy atom. The third-order valence-electron chi connectivity index (χ3n) is 4.06. The van der Waals surface area contributed by atoms with Gasteiger partial charge in [-0.25, -0.2) is 4.79 Å². The van der Waals surface area contributed by atoms with Gasteiger partial charge in [-0.15, -0.1) is 0 Å². The van der Waals surface area contributed by atoms with Crippen molar-refractivity contribution in [2.75, 3.05) is 39.9 Å². The normalized spacial score (nSPS) is 18.8. The van der Waals surface area contributed by atoms with Gasteiger partial charge in [-0.05, 0) is 31.5 Å². The molecule has 1 aliphatic heterocycles. The van der Waals surface area contributed by atoms with E-state index in [2.05, 4.69) is 10.2 Å². The summed E-state index contributed by atoms with van der Waals surface area (Å²) >= 11 is 0. The van der Waals surface area contributed by atoms with Crippen molar-refractivity contribution in [3.8, 4) is 5.75 Å². The minimum Gasteiger partial charge on any atom is -0.494 e. The zero-order valence-electron chi connectivity index (χ0n) is 13.0. The number of piperazine rings is 1. The van der Waals surface area contributed by atoms with E-state index in [4.69, 9.17) is 9.47 Å². The fourth-order valence-corrected chi connectivity index (χ4v) is 2.78.